The summed E-state index contributed by atoms with van der Waals surface area (Å²) >= 11 is 0. The third-order valence-corrected chi connectivity index (χ3v) is 2.27. The lowest BCUT2D eigenvalue weighted by molar-refractivity contribution is -0.301. The summed E-state index contributed by atoms with van der Waals surface area (Å²) in [6, 6.07) is 0. The first kappa shape index (κ1) is 12.5. The molecule has 0 atom stereocenters. The van der Waals surface area contributed by atoms with Crippen LogP contribution in [0.2, 0.25) is 0 Å². The van der Waals surface area contributed by atoms with E-state index in [2.05, 4.69) is 0 Å². The van der Waals surface area contributed by atoms with E-state index in [9.17, 15) is 4.79 Å². The highest BCUT2D eigenvalue weighted by molar-refractivity contribution is 5.72. The van der Waals surface area contributed by atoms with Gasteiger partial charge in [-0.25, -0.2) is 0 Å². The van der Waals surface area contributed by atoms with Crippen LogP contribution in [0.5, 0.6) is 0 Å². The van der Waals surface area contributed by atoms with Gasteiger partial charge in [0.15, 0.2) is 11.4 Å². The summed E-state index contributed by atoms with van der Waals surface area (Å²) in [6.45, 7) is 9.87. The highest BCUT2D eigenvalue weighted by Gasteiger charge is 2.39. The molecule has 0 aromatic rings. The Morgan fingerprint density at radius 1 is 1.20 bits per heavy atom. The van der Waals surface area contributed by atoms with Crippen molar-refractivity contribution < 1.29 is 19.0 Å². The Bertz CT molecular complexity index is 235. The lowest BCUT2D eigenvalue weighted by Crippen LogP contribution is -2.52. The zero-order chi connectivity index (χ0) is 11.7. The van der Waals surface area contributed by atoms with Gasteiger partial charge in [0.2, 0.25) is 0 Å². The predicted molar refractivity (Wildman–Crippen MR) is 55.3 cm³/mol. The highest BCUT2D eigenvalue weighted by Crippen LogP contribution is 2.26. The third kappa shape index (κ3) is 3.47. The normalized spacial score (nSPS) is 23.9. The Morgan fingerprint density at radius 2 is 1.67 bits per heavy atom. The molecule has 0 bridgehead atoms. The molecule has 0 aliphatic carbocycles. The van der Waals surface area contributed by atoms with Gasteiger partial charge in [-0.15, -0.1) is 0 Å². The van der Waals surface area contributed by atoms with Gasteiger partial charge < -0.3 is 14.2 Å². The first-order chi connectivity index (χ1) is 6.74. The van der Waals surface area contributed by atoms with Crippen molar-refractivity contribution in [2.24, 2.45) is 5.92 Å². The molecule has 88 valence electrons. The summed E-state index contributed by atoms with van der Waals surface area (Å²) in [4.78, 5) is 11.4. The van der Waals surface area contributed by atoms with E-state index >= 15 is 0 Å². The third-order valence-electron chi connectivity index (χ3n) is 2.27. The number of ether oxygens (including phenoxy) is 3. The number of carbonyl (C=O) groups is 1. The highest BCUT2D eigenvalue weighted by atomic mass is 16.7. The molecule has 1 aliphatic heterocycles. The molecule has 0 radical (unpaired) electrons. The number of hydrogen-bond donors (Lipinski definition) is 0. The van der Waals surface area contributed by atoms with E-state index in [1.807, 2.05) is 20.8 Å². The van der Waals surface area contributed by atoms with Gasteiger partial charge in [0, 0.05) is 0 Å². The van der Waals surface area contributed by atoms with Gasteiger partial charge in [-0.05, 0) is 20.8 Å². The van der Waals surface area contributed by atoms with Crippen LogP contribution in [0.4, 0.5) is 0 Å². The van der Waals surface area contributed by atoms with Crippen molar-refractivity contribution in [3.63, 3.8) is 0 Å². The summed E-state index contributed by atoms with van der Waals surface area (Å²) in [7, 11) is 0. The van der Waals surface area contributed by atoms with Crippen LogP contribution in [0.1, 0.15) is 34.6 Å². The maximum absolute atomic E-state index is 11.4. The fourth-order valence-corrected chi connectivity index (χ4v) is 1.16. The van der Waals surface area contributed by atoms with Crippen LogP contribution in [0.3, 0.4) is 0 Å². The van der Waals surface area contributed by atoms with E-state index in [0.717, 1.165) is 0 Å². The van der Waals surface area contributed by atoms with Gasteiger partial charge in [-0.1, -0.05) is 13.8 Å². The average molecular weight is 216 g/mol. The van der Waals surface area contributed by atoms with Gasteiger partial charge in [-0.3, -0.25) is 4.79 Å². The molecule has 0 amide bonds. The Labute approximate surface area is 90.9 Å². The molecule has 0 spiro atoms. The summed E-state index contributed by atoms with van der Waals surface area (Å²) in [5.74, 6) is -0.926. The number of hydrogen-bond acceptors (Lipinski definition) is 4. The first-order valence-corrected chi connectivity index (χ1v) is 5.25. The SMILES string of the molecule is CC(C)C(=O)OC1(C)COC(C)(C)OC1. The average Bonchev–Trinajstić information content (AvgIpc) is 2.11. The zero-order valence-electron chi connectivity index (χ0n) is 10.1. The molecule has 4 heteroatoms. The van der Waals surface area contributed by atoms with Gasteiger partial charge in [0.05, 0.1) is 19.1 Å². The fraction of sp³-hybridized carbons (Fsp3) is 0.909. The van der Waals surface area contributed by atoms with Crippen molar-refractivity contribution in [3.8, 4) is 0 Å². The standard InChI is InChI=1S/C11H20O4/c1-8(2)9(12)15-11(5)6-13-10(3,4)14-7-11/h8H,6-7H2,1-5H3. The van der Waals surface area contributed by atoms with E-state index in [1.54, 1.807) is 13.8 Å². The minimum Gasteiger partial charge on any atom is -0.454 e. The van der Waals surface area contributed by atoms with Crippen LogP contribution < -0.4 is 0 Å². The van der Waals surface area contributed by atoms with Crippen LogP contribution in [0, 0.1) is 5.92 Å². The second kappa shape index (κ2) is 4.10. The lowest BCUT2D eigenvalue weighted by Gasteiger charge is -2.40. The summed E-state index contributed by atoms with van der Waals surface area (Å²) in [5.41, 5.74) is -0.656. The van der Waals surface area contributed by atoms with E-state index < -0.39 is 11.4 Å². The quantitative estimate of drug-likeness (QED) is 0.659. The molecule has 1 heterocycles. The van der Waals surface area contributed by atoms with E-state index in [0.29, 0.717) is 13.2 Å². The second-order valence-corrected chi connectivity index (χ2v) is 5.00. The van der Waals surface area contributed by atoms with Crippen molar-refractivity contribution in [2.75, 3.05) is 13.2 Å². The Balaban J connectivity index is 2.52. The summed E-state index contributed by atoms with van der Waals surface area (Å²) in [6.07, 6.45) is 0. The molecule has 1 aliphatic rings. The van der Waals surface area contributed by atoms with Gasteiger partial charge in [0.1, 0.15) is 0 Å². The van der Waals surface area contributed by atoms with Gasteiger partial charge in [0.25, 0.3) is 0 Å². The molecule has 1 rings (SSSR count). The molecular formula is C11H20O4. The Hall–Kier alpha value is -0.610. The maximum atomic E-state index is 11.4. The Kier molecular flexibility index (Phi) is 3.41. The minimum absolute atomic E-state index is 0.128. The maximum Gasteiger partial charge on any atom is 0.309 e. The van der Waals surface area contributed by atoms with Crippen molar-refractivity contribution in [3.05, 3.63) is 0 Å². The van der Waals surface area contributed by atoms with Crippen LogP contribution in [0.25, 0.3) is 0 Å². The van der Waals surface area contributed by atoms with Crippen molar-refractivity contribution in [2.45, 2.75) is 46.0 Å². The molecule has 0 aromatic carbocycles. The van der Waals surface area contributed by atoms with E-state index in [-0.39, 0.29) is 11.9 Å². The first-order valence-electron chi connectivity index (χ1n) is 5.25. The molecular weight excluding hydrogens is 196 g/mol. The number of esters is 1. The van der Waals surface area contributed by atoms with Crippen molar-refractivity contribution >= 4 is 5.97 Å². The molecule has 0 unspecified atom stereocenters. The molecule has 0 aromatic heterocycles. The monoisotopic (exact) mass is 216 g/mol. The molecule has 1 fully saturated rings. The van der Waals surface area contributed by atoms with Crippen LogP contribution in [0.15, 0.2) is 0 Å². The summed E-state index contributed by atoms with van der Waals surface area (Å²) in [5, 5.41) is 0. The van der Waals surface area contributed by atoms with E-state index in [4.69, 9.17) is 14.2 Å². The van der Waals surface area contributed by atoms with Gasteiger partial charge >= 0.3 is 5.97 Å². The van der Waals surface area contributed by atoms with Crippen LogP contribution >= 0.6 is 0 Å². The largest absolute Gasteiger partial charge is 0.454 e. The molecule has 0 N–H and O–H groups in total. The second-order valence-electron chi connectivity index (χ2n) is 5.00. The van der Waals surface area contributed by atoms with Crippen molar-refractivity contribution in [1.29, 1.82) is 0 Å². The molecule has 1 saturated heterocycles. The molecule has 15 heavy (non-hydrogen) atoms. The fourth-order valence-electron chi connectivity index (χ4n) is 1.16. The molecule has 0 saturated carbocycles. The summed E-state index contributed by atoms with van der Waals surface area (Å²) < 4.78 is 16.3. The topological polar surface area (TPSA) is 44.8 Å². The Morgan fingerprint density at radius 3 is 2.07 bits per heavy atom. The van der Waals surface area contributed by atoms with Gasteiger partial charge in [-0.2, -0.15) is 0 Å². The number of rotatable bonds is 2. The smallest absolute Gasteiger partial charge is 0.309 e. The van der Waals surface area contributed by atoms with Crippen molar-refractivity contribution in [1.82, 2.24) is 0 Å². The number of carbonyl (C=O) groups excluding carboxylic acids is 1. The minimum atomic E-state index is -0.656. The lowest BCUT2D eigenvalue weighted by atomic mass is 10.1. The van der Waals surface area contributed by atoms with E-state index in [1.165, 1.54) is 0 Å². The predicted octanol–water partition coefficient (Wildman–Crippen LogP) is 1.73. The zero-order valence-corrected chi connectivity index (χ0v) is 10.1. The molecule has 4 nitrogen and oxygen atoms in total. The van der Waals surface area contributed by atoms with Crippen LogP contribution in [-0.4, -0.2) is 30.6 Å². The van der Waals surface area contributed by atoms with Crippen LogP contribution in [-0.2, 0) is 19.0 Å².